The summed E-state index contributed by atoms with van der Waals surface area (Å²) >= 11 is 0. The van der Waals surface area contributed by atoms with E-state index in [0.29, 0.717) is 18.4 Å². The number of nitrogens with one attached hydrogen (secondary N) is 1. The van der Waals surface area contributed by atoms with Crippen molar-refractivity contribution in [2.45, 2.75) is 203 Å². The number of hydroxylamine groups is 2. The molecule has 2 amide bonds. The van der Waals surface area contributed by atoms with Crippen LogP contribution in [-0.2, 0) is 65.4 Å². The Kier molecular flexibility index (Phi) is 19.5. The first-order chi connectivity index (χ1) is 35.4. The number of unbranched alkanes of at least 4 members (excludes halogenated alkanes) is 4. The number of aliphatic hydroxyl groups excluding tert-OH is 5. The number of aliphatic hydroxyl groups is 5. The maximum Gasteiger partial charge on any atom is 0.327 e. The molecule has 2 aromatic carbocycles. The SMILES string of the molecule is CCCCCC1(CCCCC)OC2C3CC4(C(=O)N(C)C(Cc5ccccc5)C(=O)NC(CO)CCC(=O)OC(C)(C)C)C(ON(Cc5cccc(C=CCOC6OC(CO)C(O)C(O)C6O)c5)C4C(=O)O3)C2O1. The van der Waals surface area contributed by atoms with Crippen molar-refractivity contribution < 1.29 is 78.0 Å². The second-order valence-corrected chi connectivity index (χ2v) is 21.5. The summed E-state index contributed by atoms with van der Waals surface area (Å²) in [6.45, 7) is 8.44. The van der Waals surface area contributed by atoms with Crippen LogP contribution >= 0.6 is 0 Å². The molecule has 4 heterocycles. The van der Waals surface area contributed by atoms with Gasteiger partial charge in [-0.05, 0) is 56.7 Å². The molecule has 13 atom stereocenters. The van der Waals surface area contributed by atoms with E-state index in [1.165, 1.54) is 9.96 Å². The molecular weight excluding hydrogens is 959 g/mol. The number of hydrogen-bond acceptors (Lipinski definition) is 17. The van der Waals surface area contributed by atoms with E-state index in [9.17, 15) is 39.9 Å². The summed E-state index contributed by atoms with van der Waals surface area (Å²) in [6.07, 6.45) is -0.192. The Morgan fingerprint density at radius 1 is 0.919 bits per heavy atom. The Labute approximate surface area is 434 Å². The number of esters is 2. The molecule has 0 spiro atoms. The van der Waals surface area contributed by atoms with Crippen molar-refractivity contribution in [1.82, 2.24) is 15.3 Å². The van der Waals surface area contributed by atoms with Gasteiger partial charge in [0.15, 0.2) is 18.1 Å². The van der Waals surface area contributed by atoms with Gasteiger partial charge in [-0.1, -0.05) is 106 Å². The Morgan fingerprint density at radius 2 is 1.61 bits per heavy atom. The highest BCUT2D eigenvalue weighted by Gasteiger charge is 2.77. The topological polar surface area (TPSA) is 253 Å². The van der Waals surface area contributed by atoms with Gasteiger partial charge in [-0.25, -0.2) is 0 Å². The average molecular weight is 1040 g/mol. The zero-order valence-corrected chi connectivity index (χ0v) is 43.7. The quantitative estimate of drug-likeness (QED) is 0.0614. The molecule has 6 N–H and O–H groups in total. The molecule has 0 aromatic heterocycles. The van der Waals surface area contributed by atoms with E-state index in [4.69, 9.17) is 33.3 Å². The van der Waals surface area contributed by atoms with Crippen molar-refractivity contribution in [2.75, 3.05) is 26.9 Å². The molecular formula is C55H79N3O16. The van der Waals surface area contributed by atoms with Crippen LogP contribution in [0.4, 0.5) is 0 Å². The van der Waals surface area contributed by atoms with Crippen molar-refractivity contribution >= 4 is 29.8 Å². The Morgan fingerprint density at radius 3 is 2.27 bits per heavy atom. The van der Waals surface area contributed by atoms with Gasteiger partial charge in [0.1, 0.15) is 65.9 Å². The number of carbonyl (C=O) groups is 4. The Bertz CT molecular complexity index is 2210. The number of benzene rings is 2. The molecule has 5 fully saturated rings. The second-order valence-electron chi connectivity index (χ2n) is 21.5. The normalized spacial score (nSPS) is 30.1. The van der Waals surface area contributed by atoms with Crippen molar-refractivity contribution in [3.05, 3.63) is 77.4 Å². The first kappa shape index (κ1) is 57.3. The van der Waals surface area contributed by atoms with E-state index in [0.717, 1.165) is 49.7 Å². The Hall–Kier alpha value is -4.38. The van der Waals surface area contributed by atoms with Crippen LogP contribution in [0.25, 0.3) is 6.08 Å². The third kappa shape index (κ3) is 13.1. The average Bonchev–Trinajstić information content (AvgIpc) is 3.93. The highest BCUT2D eigenvalue weighted by molar-refractivity contribution is 5.96. The van der Waals surface area contributed by atoms with Gasteiger partial charge in [-0.2, -0.15) is 5.06 Å². The van der Waals surface area contributed by atoms with E-state index < -0.39 is 127 Å². The third-order valence-electron chi connectivity index (χ3n) is 14.8. The van der Waals surface area contributed by atoms with Gasteiger partial charge in [0.2, 0.25) is 11.8 Å². The highest BCUT2D eigenvalue weighted by atomic mass is 16.8. The van der Waals surface area contributed by atoms with Crippen molar-refractivity contribution in [2.24, 2.45) is 5.41 Å². The molecule has 4 aliphatic heterocycles. The highest BCUT2D eigenvalue weighted by Crippen LogP contribution is 2.58. The lowest BCUT2D eigenvalue weighted by Gasteiger charge is -2.50. The van der Waals surface area contributed by atoms with Gasteiger partial charge in [0, 0.05) is 39.2 Å². The predicted octanol–water partition coefficient (Wildman–Crippen LogP) is 3.63. The number of nitrogens with zero attached hydrogens (tertiary/aromatic N) is 2. The molecule has 74 heavy (non-hydrogen) atoms. The van der Waals surface area contributed by atoms with Crippen LogP contribution in [0.5, 0.6) is 0 Å². The molecule has 7 rings (SSSR count). The van der Waals surface area contributed by atoms with Crippen LogP contribution in [0, 0.1) is 5.41 Å². The first-order valence-corrected chi connectivity index (χ1v) is 26.5. The van der Waals surface area contributed by atoms with Gasteiger partial charge < -0.3 is 64.2 Å². The van der Waals surface area contributed by atoms with Crippen LogP contribution in [0.2, 0.25) is 0 Å². The van der Waals surface area contributed by atoms with Crippen LogP contribution in [0.15, 0.2) is 60.7 Å². The van der Waals surface area contributed by atoms with Crippen LogP contribution in [0.3, 0.4) is 0 Å². The third-order valence-corrected chi connectivity index (χ3v) is 14.8. The van der Waals surface area contributed by atoms with Gasteiger partial charge >= 0.3 is 11.9 Å². The van der Waals surface area contributed by atoms with Crippen molar-refractivity contribution in [3.8, 4) is 0 Å². The van der Waals surface area contributed by atoms with E-state index in [-0.39, 0.29) is 38.8 Å². The van der Waals surface area contributed by atoms with E-state index in [1.807, 2.05) is 54.6 Å². The molecule has 13 unspecified atom stereocenters. The maximum atomic E-state index is 16.0. The number of amides is 2. The molecule has 1 aliphatic carbocycles. The predicted molar refractivity (Wildman–Crippen MR) is 268 cm³/mol. The van der Waals surface area contributed by atoms with Crippen molar-refractivity contribution in [3.63, 3.8) is 0 Å². The second kappa shape index (κ2) is 25.2. The molecule has 19 nitrogen and oxygen atoms in total. The number of rotatable bonds is 25. The van der Waals surface area contributed by atoms with Gasteiger partial charge in [0.05, 0.1) is 32.4 Å². The number of likely N-dealkylation sites (N-methyl/N-ethyl adjacent to an activating group) is 1. The van der Waals surface area contributed by atoms with Gasteiger partial charge in [0.25, 0.3) is 0 Å². The lowest BCUT2D eigenvalue weighted by Crippen LogP contribution is -2.70. The molecule has 410 valence electrons. The van der Waals surface area contributed by atoms with Crippen LogP contribution < -0.4 is 5.32 Å². The lowest BCUT2D eigenvalue weighted by molar-refractivity contribution is -0.298. The summed E-state index contributed by atoms with van der Waals surface area (Å²) < 4.78 is 37.0. The molecule has 5 aliphatic rings. The van der Waals surface area contributed by atoms with E-state index in [2.05, 4.69) is 19.2 Å². The van der Waals surface area contributed by atoms with Gasteiger partial charge in [-0.15, -0.1) is 0 Å². The minimum Gasteiger partial charge on any atom is -0.460 e. The summed E-state index contributed by atoms with van der Waals surface area (Å²) in [4.78, 5) is 66.5. The summed E-state index contributed by atoms with van der Waals surface area (Å²) in [6, 6.07) is 13.4. The standard InChI is InChI=1S/C55H79N3O16/c1-7-9-14-25-54(26-15-10-8-2)72-45-39-30-55(52(67)57(6)38(29-35-18-12-11-13-19-35)49(65)56-37(32-59)23-24-41(61)71-53(3,4)5)47(50(66)69-39)58(74-48(55)46(45)73-54)31-36-21-16-20-34(28-36)22-17-27-68-51-44(64)43(63)42(62)40(33-60)70-51/h11-13,16-22,28,37-40,42-48,51,59-60,62-64H,7-10,14-15,23-27,29-33H2,1-6H3,(H,56,65). The Balaban J connectivity index is 1.19. The number of ether oxygens (including phenoxy) is 6. The molecule has 4 saturated heterocycles. The summed E-state index contributed by atoms with van der Waals surface area (Å²) in [5, 5.41) is 55.2. The zero-order valence-electron chi connectivity index (χ0n) is 43.7. The summed E-state index contributed by atoms with van der Waals surface area (Å²) in [5.41, 5.74) is -0.140. The zero-order chi connectivity index (χ0) is 53.4. The number of hydrogen-bond donors (Lipinski definition) is 6. The number of fused-ring (bicyclic) bond motifs is 4. The van der Waals surface area contributed by atoms with Crippen LogP contribution in [-0.4, -0.2) is 171 Å². The van der Waals surface area contributed by atoms with Crippen LogP contribution in [0.1, 0.15) is 122 Å². The molecule has 2 aromatic rings. The smallest absolute Gasteiger partial charge is 0.327 e. The van der Waals surface area contributed by atoms with Gasteiger partial charge in [-0.3, -0.25) is 24.0 Å². The monoisotopic (exact) mass is 1040 g/mol. The fraction of sp³-hybridized carbons (Fsp3) is 0.673. The maximum absolute atomic E-state index is 16.0. The van der Waals surface area contributed by atoms with E-state index in [1.54, 1.807) is 40.0 Å². The van der Waals surface area contributed by atoms with Crippen molar-refractivity contribution in [1.29, 1.82) is 0 Å². The molecule has 19 heteroatoms. The molecule has 1 saturated carbocycles. The summed E-state index contributed by atoms with van der Waals surface area (Å²) in [5.74, 6) is -3.24. The lowest BCUT2D eigenvalue weighted by atomic mass is 9.62. The molecule has 2 bridgehead atoms. The molecule has 0 radical (unpaired) electrons. The first-order valence-electron chi connectivity index (χ1n) is 26.5. The number of carbonyl (C=O) groups excluding carboxylic acids is 4. The summed E-state index contributed by atoms with van der Waals surface area (Å²) in [7, 11) is 1.55. The fourth-order valence-corrected chi connectivity index (χ4v) is 11.1. The largest absolute Gasteiger partial charge is 0.460 e. The van der Waals surface area contributed by atoms with E-state index >= 15 is 4.79 Å². The fourth-order valence-electron chi connectivity index (χ4n) is 11.1. The minimum absolute atomic E-state index is 0.0306. The minimum atomic E-state index is -1.62.